The van der Waals surface area contributed by atoms with Crippen LogP contribution in [-0.2, 0) is 9.59 Å². The van der Waals surface area contributed by atoms with Crippen molar-refractivity contribution in [3.8, 4) is 17.4 Å². The van der Waals surface area contributed by atoms with Crippen LogP contribution in [0.3, 0.4) is 0 Å². The van der Waals surface area contributed by atoms with Crippen LogP contribution in [-0.4, -0.2) is 52.4 Å². The molecule has 9 nitrogen and oxygen atoms in total. The summed E-state index contributed by atoms with van der Waals surface area (Å²) in [6.45, 7) is 7.57. The fraction of sp³-hybridized carbons (Fsp3) is 0.370. The van der Waals surface area contributed by atoms with E-state index in [0.717, 1.165) is 0 Å². The summed E-state index contributed by atoms with van der Waals surface area (Å²) in [4.78, 5) is 40.7. The Hall–Kier alpha value is -4.08. The van der Waals surface area contributed by atoms with Crippen LogP contribution in [0, 0.1) is 11.7 Å². The highest BCUT2D eigenvalue weighted by Gasteiger charge is 2.35. The zero-order chi connectivity index (χ0) is 26.4. The Morgan fingerprint density at radius 2 is 1.65 bits per heavy atom. The number of carbonyl (C=O) groups excluding carboxylic acids is 2. The highest BCUT2D eigenvalue weighted by atomic mass is 19.1. The lowest BCUT2D eigenvalue weighted by Gasteiger charge is -2.37. The minimum atomic E-state index is -0.642. The number of nitrogens with zero attached hydrogens (tertiary/aromatic N) is 5. The number of carbonyl (C=O) groups is 2. The average Bonchev–Trinajstić information content (AvgIpc) is 3.21. The molecule has 37 heavy (non-hydrogen) atoms. The first kappa shape index (κ1) is 26.0. The summed E-state index contributed by atoms with van der Waals surface area (Å²) < 4.78 is 24.4. The molecule has 0 N–H and O–H groups in total. The summed E-state index contributed by atoms with van der Waals surface area (Å²) in [7, 11) is 0. The first-order valence-electron chi connectivity index (χ1n) is 12.3. The third-order valence-corrected chi connectivity index (χ3v) is 5.86. The Bertz CT molecular complexity index is 1200. The largest absolute Gasteiger partial charge is 0.479 e. The number of hydrogen-bond acceptors (Lipinski definition) is 8. The molecule has 5 rings (SSSR count). The van der Waals surface area contributed by atoms with Crippen LogP contribution in [0.25, 0.3) is 0 Å². The third kappa shape index (κ3) is 6.38. The Kier molecular flexibility index (Phi) is 8.27. The highest BCUT2D eigenvalue weighted by Crippen LogP contribution is 2.27. The van der Waals surface area contributed by atoms with Crippen molar-refractivity contribution in [2.75, 3.05) is 29.4 Å². The van der Waals surface area contributed by atoms with Crippen LogP contribution >= 0.6 is 0 Å². The number of benzene rings is 1. The van der Waals surface area contributed by atoms with Gasteiger partial charge in [0.1, 0.15) is 23.1 Å². The van der Waals surface area contributed by atoms with Crippen molar-refractivity contribution >= 4 is 23.3 Å². The predicted molar refractivity (Wildman–Crippen MR) is 136 cm³/mol. The smallest absolute Gasteiger partial charge is 0.268 e. The number of ether oxygens (including phenoxy) is 2. The normalized spacial score (nSPS) is 17.1. The van der Waals surface area contributed by atoms with Gasteiger partial charge in [-0.25, -0.2) is 19.3 Å². The lowest BCUT2D eigenvalue weighted by atomic mass is 9.97. The Morgan fingerprint density at radius 3 is 2.24 bits per heavy atom. The van der Waals surface area contributed by atoms with Crippen LogP contribution in [0.5, 0.6) is 17.4 Å². The van der Waals surface area contributed by atoms with Gasteiger partial charge in [0.05, 0.1) is 30.2 Å². The number of rotatable bonds is 7. The fourth-order valence-corrected chi connectivity index (χ4v) is 3.82. The second-order valence-electron chi connectivity index (χ2n) is 8.93. The van der Waals surface area contributed by atoms with Gasteiger partial charge in [0, 0.05) is 32.1 Å². The first-order valence-corrected chi connectivity index (χ1v) is 12.3. The predicted octanol–water partition coefficient (Wildman–Crippen LogP) is 4.43. The second kappa shape index (κ2) is 11.8. The van der Waals surface area contributed by atoms with Gasteiger partial charge in [-0.3, -0.25) is 9.59 Å². The molecule has 194 valence electrons. The van der Waals surface area contributed by atoms with Gasteiger partial charge in [0.2, 0.25) is 11.8 Å². The number of amides is 1. The lowest BCUT2D eigenvalue weighted by molar-refractivity contribution is -0.123. The molecular formula is C27H30FN5O4. The standard InChI is InChI=1S/C24H22FN5O4.C3H8/c1-15(31)16-13-29(14-16)24-27-10-18(11-28-24)30-9-8-21(23(30)32)33-20-6-7-22(26-12-20)34-19-4-2-17(25)3-5-19;1-3-2/h2-7,10-12,16,21H,8-9,13-14H2,1H3;3H2,1-2H3/t21-;/m1./s1. The van der Waals surface area contributed by atoms with Crippen molar-refractivity contribution in [3.63, 3.8) is 0 Å². The molecule has 0 unspecified atom stereocenters. The summed E-state index contributed by atoms with van der Waals surface area (Å²) in [5.74, 6) is 1.47. The van der Waals surface area contributed by atoms with Crippen molar-refractivity contribution in [2.24, 2.45) is 5.92 Å². The summed E-state index contributed by atoms with van der Waals surface area (Å²) in [6, 6.07) is 8.91. The van der Waals surface area contributed by atoms with Crippen molar-refractivity contribution in [2.45, 2.75) is 39.7 Å². The van der Waals surface area contributed by atoms with E-state index in [1.54, 1.807) is 36.4 Å². The summed E-state index contributed by atoms with van der Waals surface area (Å²) >= 11 is 0. The molecule has 2 aliphatic rings. The SMILES string of the molecule is CC(=O)C1CN(c2ncc(N3CC[C@@H](Oc4ccc(Oc5ccc(F)cc5)nc4)C3=O)cn2)C1.CCC. The molecule has 0 spiro atoms. The number of halogens is 1. The van der Waals surface area contributed by atoms with Gasteiger partial charge < -0.3 is 19.3 Å². The maximum absolute atomic E-state index is 13.0. The number of anilines is 2. The number of Topliss-reactive ketones (excluding diaryl/α,β-unsaturated/α-hetero) is 1. The molecule has 10 heteroatoms. The van der Waals surface area contributed by atoms with Crippen LogP contribution in [0.2, 0.25) is 0 Å². The van der Waals surface area contributed by atoms with Crippen LogP contribution in [0.15, 0.2) is 55.0 Å². The number of hydrogen-bond donors (Lipinski definition) is 0. The summed E-state index contributed by atoms with van der Waals surface area (Å²) in [6.07, 6.45) is 5.84. The molecule has 2 fully saturated rings. The van der Waals surface area contributed by atoms with Crippen molar-refractivity contribution < 1.29 is 23.5 Å². The molecule has 2 saturated heterocycles. The van der Waals surface area contributed by atoms with Gasteiger partial charge in [-0.15, -0.1) is 0 Å². The second-order valence-corrected chi connectivity index (χ2v) is 8.93. The topological polar surface area (TPSA) is 97.8 Å². The minimum Gasteiger partial charge on any atom is -0.479 e. The van der Waals surface area contributed by atoms with E-state index < -0.39 is 6.10 Å². The molecule has 0 bridgehead atoms. The van der Waals surface area contributed by atoms with E-state index in [4.69, 9.17) is 9.47 Å². The zero-order valence-electron chi connectivity index (χ0n) is 21.1. The molecule has 0 saturated carbocycles. The molecule has 2 aromatic heterocycles. The van der Waals surface area contributed by atoms with E-state index in [1.807, 2.05) is 4.90 Å². The first-order chi connectivity index (χ1) is 17.9. The van der Waals surface area contributed by atoms with E-state index in [0.29, 0.717) is 55.1 Å². The molecule has 2 aliphatic heterocycles. The Labute approximate surface area is 215 Å². The monoisotopic (exact) mass is 507 g/mol. The average molecular weight is 508 g/mol. The molecule has 1 aromatic carbocycles. The molecule has 3 aromatic rings. The van der Waals surface area contributed by atoms with Crippen LogP contribution in [0.1, 0.15) is 33.6 Å². The minimum absolute atomic E-state index is 0.0411. The van der Waals surface area contributed by atoms with Gasteiger partial charge in [-0.2, -0.15) is 0 Å². The summed E-state index contributed by atoms with van der Waals surface area (Å²) in [5.41, 5.74) is 0.602. The van der Waals surface area contributed by atoms with Gasteiger partial charge in [-0.05, 0) is 37.3 Å². The van der Waals surface area contributed by atoms with Crippen molar-refractivity contribution in [3.05, 3.63) is 60.8 Å². The Balaban J connectivity index is 0.00000102. The quantitative estimate of drug-likeness (QED) is 0.463. The van der Waals surface area contributed by atoms with Crippen molar-refractivity contribution in [1.82, 2.24) is 15.0 Å². The maximum Gasteiger partial charge on any atom is 0.268 e. The van der Waals surface area contributed by atoms with Crippen LogP contribution in [0.4, 0.5) is 16.0 Å². The fourth-order valence-electron chi connectivity index (χ4n) is 3.82. The molecular weight excluding hydrogens is 477 g/mol. The lowest BCUT2D eigenvalue weighted by Crippen LogP contribution is -2.50. The van der Waals surface area contributed by atoms with E-state index >= 15 is 0 Å². The molecule has 1 amide bonds. The maximum atomic E-state index is 13.0. The number of ketones is 1. The van der Waals surface area contributed by atoms with Gasteiger partial charge in [-0.1, -0.05) is 20.3 Å². The molecule has 1 atom stereocenters. The van der Waals surface area contributed by atoms with Crippen LogP contribution < -0.4 is 19.3 Å². The van der Waals surface area contributed by atoms with Gasteiger partial charge >= 0.3 is 0 Å². The third-order valence-electron chi connectivity index (χ3n) is 5.86. The van der Waals surface area contributed by atoms with E-state index in [-0.39, 0.29) is 23.4 Å². The number of pyridine rings is 1. The van der Waals surface area contributed by atoms with Crippen molar-refractivity contribution in [1.29, 1.82) is 0 Å². The summed E-state index contributed by atoms with van der Waals surface area (Å²) in [5, 5.41) is 0. The molecule has 0 radical (unpaired) electrons. The van der Waals surface area contributed by atoms with E-state index in [9.17, 15) is 14.0 Å². The number of aromatic nitrogens is 3. The molecule has 0 aliphatic carbocycles. The van der Waals surface area contributed by atoms with E-state index in [1.165, 1.54) is 36.9 Å². The Morgan fingerprint density at radius 1 is 1.00 bits per heavy atom. The van der Waals surface area contributed by atoms with E-state index in [2.05, 4.69) is 28.8 Å². The molecule has 4 heterocycles. The van der Waals surface area contributed by atoms with Gasteiger partial charge in [0.25, 0.3) is 5.91 Å². The highest BCUT2D eigenvalue weighted by molar-refractivity contribution is 5.98. The zero-order valence-corrected chi connectivity index (χ0v) is 21.1. The van der Waals surface area contributed by atoms with Gasteiger partial charge in [0.15, 0.2) is 6.10 Å².